The van der Waals surface area contributed by atoms with Crippen LogP contribution < -0.4 is 10.6 Å². The molecule has 0 bridgehead atoms. The summed E-state index contributed by atoms with van der Waals surface area (Å²) in [5, 5.41) is 7.82. The zero-order chi connectivity index (χ0) is 16.2. The fraction of sp³-hybridized carbons (Fsp3) is 0.105. The topological polar surface area (TPSA) is 41.1 Å². The number of benzene rings is 3. The number of fused-ring (bicyclic) bond motifs is 1. The van der Waals surface area contributed by atoms with E-state index in [0.29, 0.717) is 5.69 Å². The second-order valence-electron chi connectivity index (χ2n) is 5.36. The van der Waals surface area contributed by atoms with Crippen LogP contribution in [0.1, 0.15) is 6.92 Å². The monoisotopic (exact) mass is 308 g/mol. The minimum Gasteiger partial charge on any atom is -0.372 e. The summed E-state index contributed by atoms with van der Waals surface area (Å²) in [6.45, 7) is 1.70. The molecule has 2 N–H and O–H groups in total. The Kier molecular flexibility index (Phi) is 4.24. The van der Waals surface area contributed by atoms with E-state index < -0.39 is 6.04 Å². The number of amides is 1. The highest BCUT2D eigenvalue weighted by Crippen LogP contribution is 2.23. The summed E-state index contributed by atoms with van der Waals surface area (Å²) in [7, 11) is 0. The molecule has 23 heavy (non-hydrogen) atoms. The summed E-state index contributed by atoms with van der Waals surface area (Å²) in [5.74, 6) is -0.595. The lowest BCUT2D eigenvalue weighted by Gasteiger charge is -2.16. The highest BCUT2D eigenvalue weighted by Gasteiger charge is 2.15. The first kappa shape index (κ1) is 15.0. The van der Waals surface area contributed by atoms with Crippen molar-refractivity contribution >= 4 is 28.1 Å². The Bertz CT molecular complexity index is 842. The fourth-order valence-electron chi connectivity index (χ4n) is 2.45. The largest absolute Gasteiger partial charge is 0.372 e. The third kappa shape index (κ3) is 3.31. The molecule has 1 amide bonds. The maximum atomic E-state index is 13.7. The molecule has 1 unspecified atom stereocenters. The van der Waals surface area contributed by atoms with Gasteiger partial charge in [0, 0.05) is 11.1 Å². The molecule has 0 aliphatic carbocycles. The number of hydrogen-bond donors (Lipinski definition) is 2. The SMILES string of the molecule is CC(Nc1ccccc1F)C(=O)Nc1cccc2ccccc12. The van der Waals surface area contributed by atoms with Crippen molar-refractivity contribution in [1.29, 1.82) is 0 Å². The van der Waals surface area contributed by atoms with Crippen LogP contribution in [0.25, 0.3) is 10.8 Å². The number of halogens is 1. The summed E-state index contributed by atoms with van der Waals surface area (Å²) < 4.78 is 13.7. The van der Waals surface area contributed by atoms with E-state index >= 15 is 0 Å². The molecule has 0 spiro atoms. The fourth-order valence-corrected chi connectivity index (χ4v) is 2.45. The molecule has 0 saturated heterocycles. The van der Waals surface area contributed by atoms with Crippen molar-refractivity contribution in [3.63, 3.8) is 0 Å². The molecule has 3 rings (SSSR count). The van der Waals surface area contributed by atoms with Gasteiger partial charge in [0.05, 0.1) is 5.69 Å². The predicted octanol–water partition coefficient (Wildman–Crippen LogP) is 4.42. The van der Waals surface area contributed by atoms with Crippen LogP contribution in [0.5, 0.6) is 0 Å². The molecular formula is C19H17FN2O. The average Bonchev–Trinajstić information content (AvgIpc) is 2.57. The van der Waals surface area contributed by atoms with E-state index in [1.165, 1.54) is 6.07 Å². The van der Waals surface area contributed by atoms with Crippen LogP contribution in [0, 0.1) is 5.82 Å². The molecule has 4 heteroatoms. The molecule has 0 aromatic heterocycles. The first-order valence-corrected chi connectivity index (χ1v) is 7.45. The van der Waals surface area contributed by atoms with Crippen LogP contribution in [-0.2, 0) is 4.79 Å². The second-order valence-corrected chi connectivity index (χ2v) is 5.36. The summed E-state index contributed by atoms with van der Waals surface area (Å²) in [6.07, 6.45) is 0. The van der Waals surface area contributed by atoms with Gasteiger partial charge in [-0.1, -0.05) is 48.5 Å². The molecule has 3 aromatic rings. The van der Waals surface area contributed by atoms with Crippen molar-refractivity contribution in [1.82, 2.24) is 0 Å². The molecule has 3 aromatic carbocycles. The normalized spacial score (nSPS) is 11.9. The van der Waals surface area contributed by atoms with Crippen LogP contribution in [0.3, 0.4) is 0 Å². The molecule has 0 heterocycles. The van der Waals surface area contributed by atoms with E-state index in [2.05, 4.69) is 10.6 Å². The van der Waals surface area contributed by atoms with Gasteiger partial charge >= 0.3 is 0 Å². The van der Waals surface area contributed by atoms with E-state index in [4.69, 9.17) is 0 Å². The van der Waals surface area contributed by atoms with Crippen molar-refractivity contribution in [3.8, 4) is 0 Å². The Morgan fingerprint density at radius 1 is 0.913 bits per heavy atom. The summed E-state index contributed by atoms with van der Waals surface area (Å²) in [4.78, 5) is 12.4. The van der Waals surface area contributed by atoms with Crippen molar-refractivity contribution in [2.24, 2.45) is 0 Å². The smallest absolute Gasteiger partial charge is 0.246 e. The van der Waals surface area contributed by atoms with Crippen molar-refractivity contribution in [3.05, 3.63) is 72.5 Å². The van der Waals surface area contributed by atoms with Gasteiger partial charge in [0.2, 0.25) is 5.91 Å². The maximum Gasteiger partial charge on any atom is 0.246 e. The van der Waals surface area contributed by atoms with Gasteiger partial charge in [-0.25, -0.2) is 4.39 Å². The van der Waals surface area contributed by atoms with E-state index in [1.54, 1.807) is 25.1 Å². The first-order chi connectivity index (χ1) is 11.1. The third-order valence-corrected chi connectivity index (χ3v) is 3.69. The number of para-hydroxylation sites is 1. The molecule has 0 radical (unpaired) electrons. The van der Waals surface area contributed by atoms with Crippen LogP contribution in [0.15, 0.2) is 66.7 Å². The third-order valence-electron chi connectivity index (χ3n) is 3.69. The average molecular weight is 308 g/mol. The second kappa shape index (κ2) is 6.48. The zero-order valence-electron chi connectivity index (χ0n) is 12.7. The molecule has 0 saturated carbocycles. The number of anilines is 2. The molecule has 1 atom stereocenters. The summed E-state index contributed by atoms with van der Waals surface area (Å²) >= 11 is 0. The Hall–Kier alpha value is -2.88. The van der Waals surface area contributed by atoms with Crippen LogP contribution in [0.4, 0.5) is 15.8 Å². The van der Waals surface area contributed by atoms with Gasteiger partial charge in [-0.2, -0.15) is 0 Å². The van der Waals surface area contributed by atoms with Crippen molar-refractivity contribution < 1.29 is 9.18 Å². The molecule has 0 aliphatic heterocycles. The number of rotatable bonds is 4. The molecule has 0 fully saturated rings. The summed E-state index contributed by atoms with van der Waals surface area (Å²) in [5.41, 5.74) is 1.06. The Morgan fingerprint density at radius 3 is 2.39 bits per heavy atom. The van der Waals surface area contributed by atoms with Crippen LogP contribution in [0.2, 0.25) is 0 Å². The zero-order valence-corrected chi connectivity index (χ0v) is 12.7. The van der Waals surface area contributed by atoms with E-state index in [0.717, 1.165) is 16.5 Å². The summed E-state index contributed by atoms with van der Waals surface area (Å²) in [6, 6.07) is 19.3. The van der Waals surface area contributed by atoms with Gasteiger partial charge in [0.15, 0.2) is 0 Å². The Morgan fingerprint density at radius 2 is 1.57 bits per heavy atom. The standard InChI is InChI=1S/C19H17FN2O/c1-13(21-18-11-5-4-10-16(18)20)19(23)22-17-12-6-8-14-7-2-3-9-15(14)17/h2-13,21H,1H3,(H,22,23). The van der Waals surface area contributed by atoms with Crippen LogP contribution in [-0.4, -0.2) is 11.9 Å². The Labute approximate surface area is 134 Å². The van der Waals surface area contributed by atoms with E-state index in [9.17, 15) is 9.18 Å². The van der Waals surface area contributed by atoms with Gasteiger partial charge in [0.1, 0.15) is 11.9 Å². The first-order valence-electron chi connectivity index (χ1n) is 7.45. The van der Waals surface area contributed by atoms with Crippen LogP contribution >= 0.6 is 0 Å². The molecular weight excluding hydrogens is 291 g/mol. The number of nitrogens with one attached hydrogen (secondary N) is 2. The van der Waals surface area contributed by atoms with Gasteiger partial charge < -0.3 is 10.6 Å². The molecule has 116 valence electrons. The number of carbonyl (C=O) groups is 1. The minimum absolute atomic E-state index is 0.218. The minimum atomic E-state index is -0.564. The van der Waals surface area contributed by atoms with Crippen molar-refractivity contribution in [2.75, 3.05) is 10.6 Å². The van der Waals surface area contributed by atoms with E-state index in [-0.39, 0.29) is 11.7 Å². The lowest BCUT2D eigenvalue weighted by Crippen LogP contribution is -2.32. The quantitative estimate of drug-likeness (QED) is 0.749. The molecule has 0 aliphatic rings. The van der Waals surface area contributed by atoms with E-state index in [1.807, 2.05) is 42.5 Å². The van der Waals surface area contributed by atoms with Gasteiger partial charge in [0.25, 0.3) is 0 Å². The Balaban J connectivity index is 1.77. The van der Waals surface area contributed by atoms with Gasteiger partial charge in [-0.15, -0.1) is 0 Å². The lowest BCUT2D eigenvalue weighted by molar-refractivity contribution is -0.116. The van der Waals surface area contributed by atoms with Crippen molar-refractivity contribution in [2.45, 2.75) is 13.0 Å². The highest BCUT2D eigenvalue weighted by molar-refractivity contribution is 6.04. The molecule has 3 nitrogen and oxygen atoms in total. The maximum absolute atomic E-state index is 13.7. The number of hydrogen-bond acceptors (Lipinski definition) is 2. The highest BCUT2D eigenvalue weighted by atomic mass is 19.1. The van der Waals surface area contributed by atoms with Gasteiger partial charge in [-0.3, -0.25) is 4.79 Å². The number of carbonyl (C=O) groups excluding carboxylic acids is 1. The van der Waals surface area contributed by atoms with Gasteiger partial charge in [-0.05, 0) is 30.5 Å². The predicted molar refractivity (Wildman–Crippen MR) is 92.1 cm³/mol. The lowest BCUT2D eigenvalue weighted by atomic mass is 10.1.